The van der Waals surface area contributed by atoms with Gasteiger partial charge in [-0.15, -0.1) is 0 Å². The third-order valence-electron chi connectivity index (χ3n) is 3.29. The summed E-state index contributed by atoms with van der Waals surface area (Å²) in [6, 6.07) is 4.51. The number of nitrogens with zero attached hydrogens (tertiary/aromatic N) is 1. The Morgan fingerprint density at radius 3 is 2.88 bits per heavy atom. The van der Waals surface area contributed by atoms with Crippen molar-refractivity contribution in [2.75, 3.05) is 27.2 Å². The Bertz CT molecular complexity index is 392. The lowest BCUT2D eigenvalue weighted by Gasteiger charge is -2.17. The summed E-state index contributed by atoms with van der Waals surface area (Å²) in [5.74, 6) is 1.62. The zero-order valence-corrected chi connectivity index (χ0v) is 12.2. The maximum absolute atomic E-state index is 5.39. The molecule has 0 aliphatic carbocycles. The highest BCUT2D eigenvalue weighted by Crippen LogP contribution is 2.31. The molecule has 0 aromatic heterocycles. The molecule has 2 nitrogen and oxygen atoms in total. The highest BCUT2D eigenvalue weighted by atomic mass is 127. The van der Waals surface area contributed by atoms with Crippen LogP contribution in [0, 0.1) is 3.57 Å². The van der Waals surface area contributed by atoms with Gasteiger partial charge in [0.25, 0.3) is 0 Å². The zero-order valence-electron chi connectivity index (χ0n) is 10.1. The molecule has 16 heavy (non-hydrogen) atoms. The van der Waals surface area contributed by atoms with Gasteiger partial charge >= 0.3 is 0 Å². The van der Waals surface area contributed by atoms with Gasteiger partial charge in [0, 0.05) is 13.1 Å². The molecule has 1 aliphatic rings. The van der Waals surface area contributed by atoms with Crippen LogP contribution in [0.15, 0.2) is 12.1 Å². The van der Waals surface area contributed by atoms with Gasteiger partial charge in [-0.25, -0.2) is 0 Å². The monoisotopic (exact) mass is 331 g/mol. The van der Waals surface area contributed by atoms with E-state index >= 15 is 0 Å². The third-order valence-corrected chi connectivity index (χ3v) is 4.14. The van der Waals surface area contributed by atoms with Crippen LogP contribution in [0.1, 0.15) is 24.0 Å². The maximum Gasteiger partial charge on any atom is 0.132 e. The van der Waals surface area contributed by atoms with Gasteiger partial charge in [-0.1, -0.05) is 6.92 Å². The number of likely N-dealkylation sites (N-methyl/N-ethyl adjacent to an activating group) is 1. The fourth-order valence-corrected chi connectivity index (χ4v) is 3.12. The summed E-state index contributed by atoms with van der Waals surface area (Å²) in [5.41, 5.74) is 2.95. The zero-order chi connectivity index (χ0) is 11.7. The van der Waals surface area contributed by atoms with Crippen LogP contribution < -0.4 is 4.74 Å². The Morgan fingerprint density at radius 2 is 2.19 bits per heavy atom. The van der Waals surface area contributed by atoms with Crippen LogP contribution in [0.25, 0.3) is 0 Å². The van der Waals surface area contributed by atoms with Crippen LogP contribution in [-0.4, -0.2) is 32.1 Å². The van der Waals surface area contributed by atoms with Crippen LogP contribution in [0.3, 0.4) is 0 Å². The number of rotatable bonds is 1. The molecule has 0 N–H and O–H groups in total. The fraction of sp³-hybridized carbons (Fsp3) is 0.538. The number of methoxy groups -OCH3 is 1. The molecular weight excluding hydrogens is 313 g/mol. The number of halogens is 1. The largest absolute Gasteiger partial charge is 0.496 e. The van der Waals surface area contributed by atoms with E-state index in [0.29, 0.717) is 5.92 Å². The minimum atomic E-state index is 0.613. The van der Waals surface area contributed by atoms with Gasteiger partial charge in [0.2, 0.25) is 0 Å². The summed E-state index contributed by atoms with van der Waals surface area (Å²) in [6.45, 7) is 4.60. The molecule has 0 amide bonds. The molecule has 3 heteroatoms. The summed E-state index contributed by atoms with van der Waals surface area (Å²) < 4.78 is 6.61. The molecule has 1 heterocycles. The first-order chi connectivity index (χ1) is 7.61. The van der Waals surface area contributed by atoms with Crippen molar-refractivity contribution in [3.63, 3.8) is 0 Å². The number of hydrogen-bond acceptors (Lipinski definition) is 2. The predicted octanol–water partition coefficient (Wildman–Crippen LogP) is 2.89. The molecule has 0 saturated carbocycles. The first-order valence-electron chi connectivity index (χ1n) is 5.66. The van der Waals surface area contributed by atoms with E-state index in [1.54, 1.807) is 7.11 Å². The van der Waals surface area contributed by atoms with Crippen molar-refractivity contribution in [2.24, 2.45) is 0 Å². The summed E-state index contributed by atoms with van der Waals surface area (Å²) in [4.78, 5) is 2.41. The number of fused-ring (bicyclic) bond motifs is 1. The van der Waals surface area contributed by atoms with Crippen LogP contribution in [0.2, 0.25) is 0 Å². The third kappa shape index (κ3) is 2.35. The van der Waals surface area contributed by atoms with Gasteiger partial charge < -0.3 is 9.64 Å². The van der Waals surface area contributed by atoms with Crippen molar-refractivity contribution < 1.29 is 4.74 Å². The molecule has 1 aromatic carbocycles. The van der Waals surface area contributed by atoms with Gasteiger partial charge in [0.05, 0.1) is 10.7 Å². The highest BCUT2D eigenvalue weighted by molar-refractivity contribution is 14.1. The minimum absolute atomic E-state index is 0.613. The molecule has 0 bridgehead atoms. The van der Waals surface area contributed by atoms with Crippen LogP contribution in [0.4, 0.5) is 0 Å². The van der Waals surface area contributed by atoms with Crippen molar-refractivity contribution >= 4 is 22.6 Å². The van der Waals surface area contributed by atoms with Gasteiger partial charge in [-0.2, -0.15) is 0 Å². The van der Waals surface area contributed by atoms with E-state index in [1.807, 2.05) is 0 Å². The summed E-state index contributed by atoms with van der Waals surface area (Å²) in [5, 5.41) is 0. The van der Waals surface area contributed by atoms with Gasteiger partial charge in [0.1, 0.15) is 5.75 Å². The molecule has 0 fully saturated rings. The Balaban J connectivity index is 2.43. The average molecular weight is 331 g/mol. The van der Waals surface area contributed by atoms with Gasteiger partial charge in [-0.05, 0) is 65.2 Å². The number of ether oxygens (including phenoxy) is 1. The molecule has 1 atom stereocenters. The second kappa shape index (κ2) is 4.92. The smallest absolute Gasteiger partial charge is 0.132 e. The van der Waals surface area contributed by atoms with E-state index in [1.165, 1.54) is 14.7 Å². The molecule has 0 spiro atoms. The lowest BCUT2D eigenvalue weighted by Crippen LogP contribution is -2.22. The molecule has 1 aromatic rings. The van der Waals surface area contributed by atoms with E-state index in [0.717, 1.165) is 25.3 Å². The fourth-order valence-electron chi connectivity index (χ4n) is 2.41. The van der Waals surface area contributed by atoms with Gasteiger partial charge in [0.15, 0.2) is 0 Å². The lowest BCUT2D eigenvalue weighted by molar-refractivity contribution is 0.332. The summed E-state index contributed by atoms with van der Waals surface area (Å²) >= 11 is 2.36. The van der Waals surface area contributed by atoms with Crippen LogP contribution in [-0.2, 0) is 6.42 Å². The standard InChI is InChI=1S/C13H18INO/c1-9-8-15(2)5-4-10-6-13(16-3)12(14)7-11(9)10/h6-7,9H,4-5,8H2,1-3H3. The maximum atomic E-state index is 5.39. The topological polar surface area (TPSA) is 12.5 Å². The molecule has 1 unspecified atom stereocenters. The molecule has 0 saturated heterocycles. The second-order valence-corrected chi connectivity index (χ2v) is 5.76. The first-order valence-corrected chi connectivity index (χ1v) is 6.74. The molecule has 0 radical (unpaired) electrons. The highest BCUT2D eigenvalue weighted by Gasteiger charge is 2.19. The van der Waals surface area contributed by atoms with Crippen LogP contribution >= 0.6 is 22.6 Å². The van der Waals surface area contributed by atoms with Gasteiger partial charge in [-0.3, -0.25) is 0 Å². The molecule has 2 rings (SSSR count). The normalized spacial score (nSPS) is 21.4. The van der Waals surface area contributed by atoms with Crippen molar-refractivity contribution in [1.82, 2.24) is 4.90 Å². The van der Waals surface area contributed by atoms with Crippen molar-refractivity contribution in [3.8, 4) is 5.75 Å². The summed E-state index contributed by atoms with van der Waals surface area (Å²) in [6.07, 6.45) is 1.13. The van der Waals surface area contributed by atoms with Crippen LogP contribution in [0.5, 0.6) is 5.75 Å². The Morgan fingerprint density at radius 1 is 1.44 bits per heavy atom. The van der Waals surface area contributed by atoms with Crippen molar-refractivity contribution in [3.05, 3.63) is 26.8 Å². The predicted molar refractivity (Wildman–Crippen MR) is 75.3 cm³/mol. The van der Waals surface area contributed by atoms with E-state index in [4.69, 9.17) is 4.74 Å². The molecule has 88 valence electrons. The Kier molecular flexibility index (Phi) is 3.74. The molecular formula is C13H18INO. The lowest BCUT2D eigenvalue weighted by atomic mass is 9.95. The van der Waals surface area contributed by atoms with E-state index in [9.17, 15) is 0 Å². The van der Waals surface area contributed by atoms with E-state index in [-0.39, 0.29) is 0 Å². The SMILES string of the molecule is COc1cc2c(cc1I)C(C)CN(C)CC2. The van der Waals surface area contributed by atoms with Crippen molar-refractivity contribution in [2.45, 2.75) is 19.3 Å². The molecule has 1 aliphatic heterocycles. The average Bonchev–Trinajstić information content (AvgIpc) is 2.38. The first kappa shape index (κ1) is 12.2. The quantitative estimate of drug-likeness (QED) is 0.734. The second-order valence-electron chi connectivity index (χ2n) is 4.60. The Labute approximate surface area is 111 Å². The minimum Gasteiger partial charge on any atom is -0.496 e. The number of hydrogen-bond donors (Lipinski definition) is 0. The van der Waals surface area contributed by atoms with Crippen molar-refractivity contribution in [1.29, 1.82) is 0 Å². The van der Waals surface area contributed by atoms with E-state index in [2.05, 4.69) is 53.6 Å². The number of benzene rings is 1. The Hall–Kier alpha value is -0.290. The summed E-state index contributed by atoms with van der Waals surface area (Å²) in [7, 11) is 3.95. The van der Waals surface area contributed by atoms with E-state index < -0.39 is 0 Å².